The number of carbonyl (C=O) groups is 1. The molecule has 0 spiro atoms. The highest BCUT2D eigenvalue weighted by molar-refractivity contribution is 7.13. The van der Waals surface area contributed by atoms with Gasteiger partial charge in [0.2, 0.25) is 5.91 Å². The summed E-state index contributed by atoms with van der Waals surface area (Å²) in [5, 5.41) is 5.86. The van der Waals surface area contributed by atoms with E-state index in [1.54, 1.807) is 11.3 Å². The van der Waals surface area contributed by atoms with E-state index in [1.165, 1.54) is 0 Å². The number of aromatic nitrogens is 1. The number of benzene rings is 1. The summed E-state index contributed by atoms with van der Waals surface area (Å²) >= 11 is 1.61. The molecule has 0 fully saturated rings. The molecule has 1 aromatic carbocycles. The summed E-state index contributed by atoms with van der Waals surface area (Å²) in [5.41, 5.74) is 2.04. The second kappa shape index (κ2) is 6.31. The number of nitrogens with zero attached hydrogens (tertiary/aromatic N) is 1. The van der Waals surface area contributed by atoms with Gasteiger partial charge in [-0.1, -0.05) is 37.3 Å². The lowest BCUT2D eigenvalue weighted by atomic mass is 10.2. The average Bonchev–Trinajstić information content (AvgIpc) is 2.87. The first-order chi connectivity index (χ1) is 8.79. The summed E-state index contributed by atoms with van der Waals surface area (Å²) in [6.07, 6.45) is 1.45. The van der Waals surface area contributed by atoms with Crippen LogP contribution in [0.4, 0.5) is 0 Å². The Labute approximate surface area is 111 Å². The molecule has 3 nitrogen and oxygen atoms in total. The molecule has 0 aliphatic rings. The second-order valence-electron chi connectivity index (χ2n) is 4.04. The second-order valence-corrected chi connectivity index (χ2v) is 4.89. The number of amides is 1. The molecule has 0 saturated carbocycles. The van der Waals surface area contributed by atoms with Gasteiger partial charge in [-0.15, -0.1) is 11.3 Å². The highest BCUT2D eigenvalue weighted by Gasteiger charge is 2.05. The van der Waals surface area contributed by atoms with Crippen molar-refractivity contribution in [3.63, 3.8) is 0 Å². The lowest BCUT2D eigenvalue weighted by Crippen LogP contribution is -2.22. The summed E-state index contributed by atoms with van der Waals surface area (Å²) < 4.78 is 0. The summed E-state index contributed by atoms with van der Waals surface area (Å²) in [6.45, 7) is 2.51. The van der Waals surface area contributed by atoms with E-state index in [1.807, 2.05) is 42.6 Å². The fourth-order valence-corrected chi connectivity index (χ4v) is 2.43. The lowest BCUT2D eigenvalue weighted by molar-refractivity contribution is -0.121. The van der Waals surface area contributed by atoms with E-state index in [9.17, 15) is 4.79 Å². The lowest BCUT2D eigenvalue weighted by Gasteiger charge is -2.00. The highest BCUT2D eigenvalue weighted by atomic mass is 32.1. The maximum atomic E-state index is 11.4. The smallest absolute Gasteiger partial charge is 0.220 e. The first kappa shape index (κ1) is 12.8. The maximum Gasteiger partial charge on any atom is 0.220 e. The Morgan fingerprint density at radius 3 is 2.83 bits per heavy atom. The van der Waals surface area contributed by atoms with Crippen LogP contribution in [0.1, 0.15) is 25.5 Å². The SMILES string of the molecule is CCCC(=O)NCc1csc(-c2ccccc2)n1. The number of carbonyl (C=O) groups excluding carboxylic acids is 1. The topological polar surface area (TPSA) is 42.0 Å². The van der Waals surface area contributed by atoms with Gasteiger partial charge in [-0.25, -0.2) is 4.98 Å². The molecule has 4 heteroatoms. The fraction of sp³-hybridized carbons (Fsp3) is 0.286. The molecule has 1 N–H and O–H groups in total. The largest absolute Gasteiger partial charge is 0.350 e. The minimum absolute atomic E-state index is 0.0896. The van der Waals surface area contributed by atoms with E-state index >= 15 is 0 Å². The predicted octanol–water partition coefficient (Wildman–Crippen LogP) is 3.23. The summed E-state index contributed by atoms with van der Waals surface area (Å²) in [4.78, 5) is 15.9. The monoisotopic (exact) mass is 260 g/mol. The molecule has 0 unspecified atom stereocenters. The van der Waals surface area contributed by atoms with Gasteiger partial charge in [-0.05, 0) is 6.42 Å². The van der Waals surface area contributed by atoms with Crippen molar-refractivity contribution >= 4 is 17.2 Å². The van der Waals surface area contributed by atoms with Crippen molar-refractivity contribution in [2.45, 2.75) is 26.3 Å². The fourth-order valence-electron chi connectivity index (χ4n) is 1.61. The zero-order chi connectivity index (χ0) is 12.8. The number of thiazole rings is 1. The molecular formula is C14H16N2OS. The van der Waals surface area contributed by atoms with Crippen LogP contribution in [0.3, 0.4) is 0 Å². The van der Waals surface area contributed by atoms with Crippen LogP contribution >= 0.6 is 11.3 Å². The van der Waals surface area contributed by atoms with Gasteiger partial charge in [0.1, 0.15) is 5.01 Å². The molecule has 1 amide bonds. The quantitative estimate of drug-likeness (QED) is 0.896. The molecular weight excluding hydrogens is 244 g/mol. The van der Waals surface area contributed by atoms with Crippen molar-refractivity contribution in [2.24, 2.45) is 0 Å². The van der Waals surface area contributed by atoms with Crippen LogP contribution in [0, 0.1) is 0 Å². The first-order valence-corrected chi connectivity index (χ1v) is 6.94. The van der Waals surface area contributed by atoms with Gasteiger partial charge in [0.05, 0.1) is 12.2 Å². The molecule has 1 heterocycles. The van der Waals surface area contributed by atoms with Crippen LogP contribution in [0.15, 0.2) is 35.7 Å². The minimum atomic E-state index is 0.0896. The Kier molecular flexibility index (Phi) is 4.47. The molecule has 0 saturated heterocycles. The zero-order valence-corrected chi connectivity index (χ0v) is 11.2. The van der Waals surface area contributed by atoms with Crippen molar-refractivity contribution in [2.75, 3.05) is 0 Å². The van der Waals surface area contributed by atoms with Crippen LogP contribution in [0.25, 0.3) is 10.6 Å². The zero-order valence-electron chi connectivity index (χ0n) is 10.3. The number of rotatable bonds is 5. The van der Waals surface area contributed by atoms with Crippen LogP contribution in [0.2, 0.25) is 0 Å². The van der Waals surface area contributed by atoms with E-state index < -0.39 is 0 Å². The third kappa shape index (κ3) is 3.40. The number of nitrogens with one attached hydrogen (secondary N) is 1. The Hall–Kier alpha value is -1.68. The molecule has 1 aromatic heterocycles. The molecule has 0 atom stereocenters. The molecule has 2 aromatic rings. The first-order valence-electron chi connectivity index (χ1n) is 6.06. The van der Waals surface area contributed by atoms with Gasteiger partial charge in [-0.3, -0.25) is 4.79 Å². The Balaban J connectivity index is 1.97. The van der Waals surface area contributed by atoms with Gasteiger partial charge in [0.15, 0.2) is 0 Å². The third-order valence-corrected chi connectivity index (χ3v) is 3.46. The van der Waals surface area contributed by atoms with Crippen molar-refractivity contribution in [3.8, 4) is 10.6 Å². The van der Waals surface area contributed by atoms with Crippen LogP contribution in [0.5, 0.6) is 0 Å². The van der Waals surface area contributed by atoms with E-state index in [0.29, 0.717) is 13.0 Å². The minimum Gasteiger partial charge on any atom is -0.350 e. The average molecular weight is 260 g/mol. The van der Waals surface area contributed by atoms with E-state index in [4.69, 9.17) is 0 Å². The van der Waals surface area contributed by atoms with Crippen LogP contribution in [-0.2, 0) is 11.3 Å². The Bertz CT molecular complexity index is 508. The van der Waals surface area contributed by atoms with Gasteiger partial charge < -0.3 is 5.32 Å². The molecule has 94 valence electrons. The molecule has 0 bridgehead atoms. The number of hydrogen-bond donors (Lipinski definition) is 1. The maximum absolute atomic E-state index is 11.4. The third-order valence-electron chi connectivity index (χ3n) is 2.52. The van der Waals surface area contributed by atoms with E-state index in [-0.39, 0.29) is 5.91 Å². The summed E-state index contributed by atoms with van der Waals surface area (Å²) in [5.74, 6) is 0.0896. The number of hydrogen-bond acceptors (Lipinski definition) is 3. The normalized spacial score (nSPS) is 10.3. The molecule has 2 rings (SSSR count). The standard InChI is InChI=1S/C14H16N2OS/c1-2-6-13(17)15-9-12-10-18-14(16-12)11-7-4-3-5-8-11/h3-5,7-8,10H,2,6,9H2,1H3,(H,15,17). The molecule has 18 heavy (non-hydrogen) atoms. The molecule has 0 radical (unpaired) electrons. The van der Waals surface area contributed by atoms with Crippen molar-refractivity contribution < 1.29 is 4.79 Å². The molecule has 0 aliphatic heterocycles. The van der Waals surface area contributed by atoms with Crippen molar-refractivity contribution in [1.82, 2.24) is 10.3 Å². The van der Waals surface area contributed by atoms with E-state index in [0.717, 1.165) is 22.7 Å². The van der Waals surface area contributed by atoms with E-state index in [2.05, 4.69) is 10.3 Å². The van der Waals surface area contributed by atoms with Gasteiger partial charge in [0.25, 0.3) is 0 Å². The van der Waals surface area contributed by atoms with Gasteiger partial charge in [-0.2, -0.15) is 0 Å². The summed E-state index contributed by atoms with van der Waals surface area (Å²) in [7, 11) is 0. The van der Waals surface area contributed by atoms with Crippen molar-refractivity contribution in [1.29, 1.82) is 0 Å². The highest BCUT2D eigenvalue weighted by Crippen LogP contribution is 2.23. The predicted molar refractivity (Wildman–Crippen MR) is 74.3 cm³/mol. The van der Waals surface area contributed by atoms with Crippen molar-refractivity contribution in [3.05, 3.63) is 41.4 Å². The van der Waals surface area contributed by atoms with Gasteiger partial charge in [0, 0.05) is 17.4 Å². The summed E-state index contributed by atoms with van der Waals surface area (Å²) in [6, 6.07) is 10.1. The van der Waals surface area contributed by atoms with Gasteiger partial charge >= 0.3 is 0 Å². The Morgan fingerprint density at radius 1 is 1.33 bits per heavy atom. The van der Waals surface area contributed by atoms with Crippen LogP contribution < -0.4 is 5.32 Å². The Morgan fingerprint density at radius 2 is 2.11 bits per heavy atom. The molecule has 0 aliphatic carbocycles. The van der Waals surface area contributed by atoms with Crippen LogP contribution in [-0.4, -0.2) is 10.9 Å².